The van der Waals surface area contributed by atoms with Gasteiger partial charge in [0, 0.05) is 41.3 Å². The van der Waals surface area contributed by atoms with E-state index in [-0.39, 0.29) is 23.6 Å². The minimum absolute atomic E-state index is 0.0194. The molecular formula is C29H25FN4O5. The zero-order chi connectivity index (χ0) is 27.4. The maximum Gasteiger partial charge on any atom is 0.412 e. The van der Waals surface area contributed by atoms with Gasteiger partial charge in [-0.05, 0) is 23.8 Å². The molecule has 0 aliphatic heterocycles. The predicted octanol–water partition coefficient (Wildman–Crippen LogP) is 5.40. The van der Waals surface area contributed by atoms with Gasteiger partial charge in [-0.25, -0.2) is 14.2 Å². The van der Waals surface area contributed by atoms with Gasteiger partial charge in [0.25, 0.3) is 5.91 Å². The molecule has 0 fully saturated rings. The Morgan fingerprint density at radius 3 is 2.62 bits per heavy atom. The van der Waals surface area contributed by atoms with Crippen molar-refractivity contribution in [1.82, 2.24) is 9.97 Å². The molecule has 0 atom stereocenters. The van der Waals surface area contributed by atoms with E-state index < -0.39 is 17.8 Å². The van der Waals surface area contributed by atoms with Crippen molar-refractivity contribution >= 4 is 39.5 Å². The largest absolute Gasteiger partial charge is 0.491 e. The van der Waals surface area contributed by atoms with Crippen LogP contribution in [0.2, 0.25) is 0 Å². The molecule has 198 valence electrons. The Labute approximate surface area is 222 Å². The first-order valence-corrected chi connectivity index (χ1v) is 12.1. The Balaban J connectivity index is 1.52. The SMILES string of the molecule is COCCOc1ccc2c(c1)[nH]c1c(C(N)=O)ncc(-c3cccc(NC(=O)OCc4ccccc4)c3F)c12. The number of carbonyl (C=O) groups excluding carboxylic acids is 2. The molecule has 0 unspecified atom stereocenters. The van der Waals surface area contributed by atoms with E-state index in [1.165, 1.54) is 12.3 Å². The van der Waals surface area contributed by atoms with Crippen LogP contribution in [0.15, 0.2) is 72.9 Å². The number of rotatable bonds is 9. The molecule has 2 heterocycles. The molecule has 0 spiro atoms. The van der Waals surface area contributed by atoms with E-state index in [0.29, 0.717) is 46.3 Å². The van der Waals surface area contributed by atoms with Crippen molar-refractivity contribution in [3.8, 4) is 16.9 Å². The van der Waals surface area contributed by atoms with E-state index in [1.54, 1.807) is 31.4 Å². The lowest BCUT2D eigenvalue weighted by Crippen LogP contribution is -2.15. The van der Waals surface area contributed by atoms with Crippen molar-refractivity contribution in [2.24, 2.45) is 5.73 Å². The highest BCUT2D eigenvalue weighted by Crippen LogP contribution is 2.38. The van der Waals surface area contributed by atoms with Crippen molar-refractivity contribution in [2.75, 3.05) is 25.6 Å². The third-order valence-electron chi connectivity index (χ3n) is 6.13. The molecule has 3 aromatic carbocycles. The summed E-state index contributed by atoms with van der Waals surface area (Å²) in [4.78, 5) is 31.9. The van der Waals surface area contributed by atoms with Crippen LogP contribution < -0.4 is 15.8 Å². The number of aromatic nitrogens is 2. The molecule has 5 aromatic rings. The summed E-state index contributed by atoms with van der Waals surface area (Å²) in [6.07, 6.45) is 0.601. The maximum absolute atomic E-state index is 15.8. The standard InChI is InChI=1S/C29H25FN4O5/c1-37-12-13-38-18-10-11-20-23(14-18)33-26-24(20)21(15-32-27(26)28(31)35)19-8-5-9-22(25(19)30)34-29(36)39-16-17-6-3-2-4-7-17/h2-11,14-15,33H,12-13,16H2,1H3,(H2,31,35)(H,34,36). The lowest BCUT2D eigenvalue weighted by Gasteiger charge is -2.12. The second-order valence-electron chi connectivity index (χ2n) is 8.66. The average molecular weight is 529 g/mol. The van der Waals surface area contributed by atoms with Gasteiger partial charge in [-0.3, -0.25) is 10.1 Å². The molecule has 2 aromatic heterocycles. The molecule has 0 saturated heterocycles. The van der Waals surface area contributed by atoms with Crippen LogP contribution in [0.5, 0.6) is 5.75 Å². The molecule has 2 amide bonds. The Hall–Kier alpha value is -4.96. The number of fused-ring (bicyclic) bond motifs is 3. The van der Waals surface area contributed by atoms with Crippen LogP contribution in [0.1, 0.15) is 16.1 Å². The highest BCUT2D eigenvalue weighted by molar-refractivity contribution is 6.19. The number of nitrogens with one attached hydrogen (secondary N) is 2. The molecule has 0 bridgehead atoms. The summed E-state index contributed by atoms with van der Waals surface area (Å²) >= 11 is 0. The summed E-state index contributed by atoms with van der Waals surface area (Å²) in [5, 5.41) is 3.73. The molecule has 4 N–H and O–H groups in total. The average Bonchev–Trinajstić information content (AvgIpc) is 3.32. The van der Waals surface area contributed by atoms with E-state index in [2.05, 4.69) is 15.3 Å². The van der Waals surface area contributed by atoms with Crippen LogP contribution in [-0.2, 0) is 16.1 Å². The number of H-pyrrole nitrogens is 1. The number of pyridine rings is 1. The number of halogens is 1. The number of ether oxygens (including phenoxy) is 3. The number of hydrogen-bond acceptors (Lipinski definition) is 6. The molecule has 0 saturated carbocycles. The third kappa shape index (κ3) is 5.36. The first kappa shape index (κ1) is 25.7. The Morgan fingerprint density at radius 2 is 1.85 bits per heavy atom. The Kier molecular flexibility index (Phi) is 7.37. The molecule has 39 heavy (non-hydrogen) atoms. The highest BCUT2D eigenvalue weighted by Gasteiger charge is 2.21. The quantitative estimate of drug-likeness (QED) is 0.220. The third-order valence-corrected chi connectivity index (χ3v) is 6.13. The van der Waals surface area contributed by atoms with Gasteiger partial charge in [-0.2, -0.15) is 0 Å². The first-order valence-electron chi connectivity index (χ1n) is 12.1. The van der Waals surface area contributed by atoms with E-state index in [4.69, 9.17) is 19.9 Å². The molecule has 10 heteroatoms. The number of anilines is 1. The number of amides is 2. The van der Waals surface area contributed by atoms with Gasteiger partial charge in [0.2, 0.25) is 0 Å². The van der Waals surface area contributed by atoms with Crippen molar-refractivity contribution in [3.63, 3.8) is 0 Å². The zero-order valence-corrected chi connectivity index (χ0v) is 21.0. The highest BCUT2D eigenvalue weighted by atomic mass is 19.1. The zero-order valence-electron chi connectivity index (χ0n) is 21.0. The van der Waals surface area contributed by atoms with Gasteiger partial charge in [-0.1, -0.05) is 42.5 Å². The van der Waals surface area contributed by atoms with Gasteiger partial charge in [0.1, 0.15) is 19.0 Å². The van der Waals surface area contributed by atoms with E-state index >= 15 is 4.39 Å². The summed E-state index contributed by atoms with van der Waals surface area (Å²) < 4.78 is 31.7. The number of nitrogens with two attached hydrogens (primary N) is 1. The monoisotopic (exact) mass is 528 g/mol. The van der Waals surface area contributed by atoms with Gasteiger partial charge >= 0.3 is 6.09 Å². The van der Waals surface area contributed by atoms with Crippen LogP contribution in [0, 0.1) is 5.82 Å². The van der Waals surface area contributed by atoms with Gasteiger partial charge in [0.05, 0.1) is 23.3 Å². The van der Waals surface area contributed by atoms with Gasteiger partial charge < -0.3 is 24.9 Å². The van der Waals surface area contributed by atoms with E-state index in [0.717, 1.165) is 5.56 Å². The van der Waals surface area contributed by atoms with Gasteiger partial charge in [-0.15, -0.1) is 0 Å². The van der Waals surface area contributed by atoms with Crippen LogP contribution in [-0.4, -0.2) is 42.3 Å². The predicted molar refractivity (Wildman–Crippen MR) is 145 cm³/mol. The Morgan fingerprint density at radius 1 is 1.03 bits per heavy atom. The number of methoxy groups -OCH3 is 1. The second kappa shape index (κ2) is 11.2. The van der Waals surface area contributed by atoms with Crippen LogP contribution in [0.3, 0.4) is 0 Å². The number of aromatic amines is 1. The minimum Gasteiger partial charge on any atom is -0.491 e. The Bertz CT molecular complexity index is 1670. The molecule has 0 radical (unpaired) electrons. The second-order valence-corrected chi connectivity index (χ2v) is 8.66. The lowest BCUT2D eigenvalue weighted by atomic mass is 9.99. The van der Waals surface area contributed by atoms with Gasteiger partial charge in [0.15, 0.2) is 11.5 Å². The molecule has 0 aliphatic carbocycles. The number of primary amides is 1. The van der Waals surface area contributed by atoms with Crippen molar-refractivity contribution in [2.45, 2.75) is 6.61 Å². The van der Waals surface area contributed by atoms with E-state index in [1.807, 2.05) is 36.4 Å². The molecule has 9 nitrogen and oxygen atoms in total. The number of benzene rings is 3. The molecule has 0 aliphatic rings. The summed E-state index contributed by atoms with van der Waals surface area (Å²) in [5.41, 5.74) is 7.94. The number of nitrogens with zero attached hydrogens (tertiary/aromatic N) is 1. The summed E-state index contributed by atoms with van der Waals surface area (Å²) in [6, 6.07) is 19.1. The smallest absolute Gasteiger partial charge is 0.412 e. The number of hydrogen-bond donors (Lipinski definition) is 3. The topological polar surface area (TPSA) is 129 Å². The van der Waals surface area contributed by atoms with Crippen molar-refractivity contribution in [3.05, 3.63) is 90.0 Å². The maximum atomic E-state index is 15.8. The minimum atomic E-state index is -0.796. The normalized spacial score (nSPS) is 11.0. The first-order chi connectivity index (χ1) is 19.0. The van der Waals surface area contributed by atoms with Crippen LogP contribution in [0.4, 0.5) is 14.9 Å². The van der Waals surface area contributed by atoms with Crippen molar-refractivity contribution < 1.29 is 28.2 Å². The van der Waals surface area contributed by atoms with E-state index in [9.17, 15) is 9.59 Å². The summed E-state index contributed by atoms with van der Waals surface area (Å²) in [6.45, 7) is 0.827. The molecular weight excluding hydrogens is 503 g/mol. The molecule has 5 rings (SSSR count). The summed E-state index contributed by atoms with van der Waals surface area (Å²) in [5.74, 6) is -0.822. The fourth-order valence-corrected chi connectivity index (χ4v) is 4.32. The van der Waals surface area contributed by atoms with Crippen LogP contribution >= 0.6 is 0 Å². The fraction of sp³-hybridized carbons (Fsp3) is 0.138. The van der Waals surface area contributed by atoms with Crippen LogP contribution in [0.25, 0.3) is 32.9 Å². The fourth-order valence-electron chi connectivity index (χ4n) is 4.32. The lowest BCUT2D eigenvalue weighted by molar-refractivity contribution is 0.0997. The number of carbonyl (C=O) groups is 2. The summed E-state index contributed by atoms with van der Waals surface area (Å²) in [7, 11) is 1.58. The van der Waals surface area contributed by atoms with Crippen molar-refractivity contribution in [1.29, 1.82) is 0 Å².